The maximum Gasteiger partial charge on any atom is 0.204 e. The second-order valence-corrected chi connectivity index (χ2v) is 3.41. The van der Waals surface area contributed by atoms with Crippen molar-refractivity contribution < 1.29 is 0 Å². The summed E-state index contributed by atoms with van der Waals surface area (Å²) in [5.74, 6) is 0.627. The number of hydrogen-bond donors (Lipinski definition) is 1. The fourth-order valence-electron chi connectivity index (χ4n) is 1.04. The molecule has 0 spiro atoms. The summed E-state index contributed by atoms with van der Waals surface area (Å²) in [6.07, 6.45) is 0. The molecule has 0 fully saturated rings. The van der Waals surface area contributed by atoms with Gasteiger partial charge in [0.15, 0.2) is 0 Å². The van der Waals surface area contributed by atoms with Gasteiger partial charge in [0.05, 0.1) is 0 Å². The van der Waals surface area contributed by atoms with Crippen LogP contribution in [0.4, 0.5) is 5.69 Å². The molecule has 2 aromatic rings. The summed E-state index contributed by atoms with van der Waals surface area (Å²) in [6.45, 7) is 0. The van der Waals surface area contributed by atoms with Gasteiger partial charge in [-0.3, -0.25) is 0 Å². The van der Waals surface area contributed by atoms with Crippen molar-refractivity contribution in [3.8, 4) is 11.4 Å². The second-order valence-electron chi connectivity index (χ2n) is 2.73. The van der Waals surface area contributed by atoms with E-state index in [2.05, 4.69) is 38.0 Å². The lowest BCUT2D eigenvalue weighted by atomic mass is 10.2. The van der Waals surface area contributed by atoms with E-state index in [9.17, 15) is 0 Å². The number of nitrogen functional groups attached to an aromatic ring is 1. The highest BCUT2D eigenvalue weighted by molar-refractivity contribution is 14.1. The van der Waals surface area contributed by atoms with Gasteiger partial charge in [-0.1, -0.05) is 22.6 Å². The number of rotatable bonds is 2. The molecule has 1 aromatic carbocycles. The van der Waals surface area contributed by atoms with Gasteiger partial charge >= 0.3 is 0 Å². The second kappa shape index (κ2) is 3.91. The van der Waals surface area contributed by atoms with E-state index in [0.29, 0.717) is 10.4 Å². The molecule has 1 aromatic heterocycles. The molecule has 6 heteroatoms. The Bertz CT molecular complexity index is 422. The molecule has 2 N–H and O–H groups in total. The van der Waals surface area contributed by atoms with Gasteiger partial charge in [-0.05, 0) is 29.5 Å². The zero-order chi connectivity index (χ0) is 9.97. The number of tetrazole rings is 1. The van der Waals surface area contributed by atoms with Crippen LogP contribution in [0.2, 0.25) is 0 Å². The number of alkyl halides is 1. The largest absolute Gasteiger partial charge is 0.399 e. The van der Waals surface area contributed by atoms with Crippen molar-refractivity contribution in [2.24, 2.45) is 0 Å². The topological polar surface area (TPSA) is 69.6 Å². The zero-order valence-corrected chi connectivity index (χ0v) is 9.42. The van der Waals surface area contributed by atoms with Crippen LogP contribution in [0.15, 0.2) is 24.3 Å². The molecule has 2 rings (SSSR count). The van der Waals surface area contributed by atoms with Crippen LogP contribution in [0.1, 0.15) is 0 Å². The highest BCUT2D eigenvalue weighted by Crippen LogP contribution is 2.15. The Morgan fingerprint density at radius 3 is 2.57 bits per heavy atom. The first-order valence-corrected chi connectivity index (χ1v) is 5.52. The number of halogens is 1. The van der Waals surface area contributed by atoms with Crippen LogP contribution in [0, 0.1) is 0 Å². The minimum atomic E-state index is 0.627. The Balaban J connectivity index is 2.34. The molecule has 0 unspecified atom stereocenters. The summed E-state index contributed by atoms with van der Waals surface area (Å²) in [6, 6.07) is 7.40. The third-order valence-corrected chi connectivity index (χ3v) is 2.34. The summed E-state index contributed by atoms with van der Waals surface area (Å²) in [7, 11) is 0. The number of nitrogens with zero attached hydrogens (tertiary/aromatic N) is 4. The van der Waals surface area contributed by atoms with E-state index in [1.54, 1.807) is 0 Å². The van der Waals surface area contributed by atoms with Crippen molar-refractivity contribution in [1.82, 2.24) is 20.2 Å². The van der Waals surface area contributed by atoms with Crippen molar-refractivity contribution in [2.75, 3.05) is 5.73 Å². The molecule has 0 bridgehead atoms. The van der Waals surface area contributed by atoms with Gasteiger partial charge in [-0.25, -0.2) is 0 Å². The minimum absolute atomic E-state index is 0.627. The first-order valence-electron chi connectivity index (χ1n) is 3.99. The Kier molecular flexibility index (Phi) is 2.62. The van der Waals surface area contributed by atoms with Crippen molar-refractivity contribution in [3.63, 3.8) is 0 Å². The lowest BCUT2D eigenvalue weighted by Gasteiger charge is -1.94. The lowest BCUT2D eigenvalue weighted by Crippen LogP contribution is -1.95. The number of nitrogens with two attached hydrogens (primary N) is 1. The van der Waals surface area contributed by atoms with Gasteiger partial charge in [0.2, 0.25) is 5.82 Å². The van der Waals surface area contributed by atoms with E-state index in [1.165, 1.54) is 4.80 Å². The summed E-state index contributed by atoms with van der Waals surface area (Å²) in [4.78, 5) is 1.53. The molecule has 0 aliphatic heterocycles. The molecule has 1 heterocycles. The average molecular weight is 301 g/mol. The Hall–Kier alpha value is -1.18. The van der Waals surface area contributed by atoms with Crippen molar-refractivity contribution in [3.05, 3.63) is 24.3 Å². The zero-order valence-electron chi connectivity index (χ0n) is 7.26. The van der Waals surface area contributed by atoms with Crippen LogP contribution < -0.4 is 5.73 Å². The van der Waals surface area contributed by atoms with E-state index in [0.717, 1.165) is 11.3 Å². The maximum atomic E-state index is 5.57. The molecule has 0 atom stereocenters. The SMILES string of the molecule is Nc1ccc(-c2nnn(CI)n2)cc1. The van der Waals surface area contributed by atoms with E-state index >= 15 is 0 Å². The summed E-state index contributed by atoms with van der Waals surface area (Å²) in [5, 5.41) is 12.0. The molecule has 14 heavy (non-hydrogen) atoms. The third-order valence-electron chi connectivity index (χ3n) is 1.73. The predicted octanol–water partition coefficient (Wildman–Crippen LogP) is 1.31. The van der Waals surface area contributed by atoms with Gasteiger partial charge in [-0.2, -0.15) is 4.80 Å². The normalized spacial score (nSPS) is 10.4. The van der Waals surface area contributed by atoms with Crippen molar-refractivity contribution >= 4 is 28.3 Å². The Labute approximate surface area is 94.4 Å². The molecule has 0 aliphatic carbocycles. The number of anilines is 1. The van der Waals surface area contributed by atoms with Crippen LogP contribution >= 0.6 is 22.6 Å². The smallest absolute Gasteiger partial charge is 0.204 e. The fourth-order valence-corrected chi connectivity index (χ4v) is 1.33. The molecule has 5 nitrogen and oxygen atoms in total. The van der Waals surface area contributed by atoms with Gasteiger partial charge in [0, 0.05) is 11.3 Å². The van der Waals surface area contributed by atoms with Crippen LogP contribution in [0.3, 0.4) is 0 Å². The van der Waals surface area contributed by atoms with E-state index in [-0.39, 0.29) is 0 Å². The molecule has 0 radical (unpaired) electrons. The Morgan fingerprint density at radius 1 is 1.29 bits per heavy atom. The molecule has 72 valence electrons. The number of benzene rings is 1. The maximum absolute atomic E-state index is 5.57. The highest BCUT2D eigenvalue weighted by Gasteiger charge is 2.03. The molecular weight excluding hydrogens is 293 g/mol. The van der Waals surface area contributed by atoms with Crippen LogP contribution in [-0.4, -0.2) is 20.2 Å². The van der Waals surface area contributed by atoms with E-state index in [1.807, 2.05) is 24.3 Å². The molecule has 0 saturated heterocycles. The number of hydrogen-bond acceptors (Lipinski definition) is 4. The average Bonchev–Trinajstić information content (AvgIpc) is 2.67. The predicted molar refractivity (Wildman–Crippen MR) is 61.7 cm³/mol. The first-order chi connectivity index (χ1) is 6.79. The molecular formula is C8H8IN5. The van der Waals surface area contributed by atoms with Crippen LogP contribution in [0.25, 0.3) is 11.4 Å². The van der Waals surface area contributed by atoms with Crippen LogP contribution in [0.5, 0.6) is 0 Å². The first kappa shape index (κ1) is 9.38. The van der Waals surface area contributed by atoms with E-state index in [4.69, 9.17) is 5.73 Å². The highest BCUT2D eigenvalue weighted by atomic mass is 127. The van der Waals surface area contributed by atoms with E-state index < -0.39 is 0 Å². The van der Waals surface area contributed by atoms with Gasteiger partial charge in [0.25, 0.3) is 0 Å². The van der Waals surface area contributed by atoms with Gasteiger partial charge in [-0.15, -0.1) is 10.2 Å². The molecule has 0 saturated carbocycles. The van der Waals surface area contributed by atoms with Gasteiger partial charge < -0.3 is 5.73 Å². The fraction of sp³-hybridized carbons (Fsp3) is 0.125. The summed E-state index contributed by atoms with van der Waals surface area (Å²) >= 11 is 2.17. The Morgan fingerprint density at radius 2 is 2.00 bits per heavy atom. The standard InChI is InChI=1S/C8H8IN5/c9-5-14-12-8(11-13-14)6-1-3-7(10)4-2-6/h1-4H,5,10H2. The third kappa shape index (κ3) is 1.84. The lowest BCUT2D eigenvalue weighted by molar-refractivity contribution is 0.630. The van der Waals surface area contributed by atoms with Crippen molar-refractivity contribution in [1.29, 1.82) is 0 Å². The quantitative estimate of drug-likeness (QED) is 0.516. The summed E-state index contributed by atoms with van der Waals surface area (Å²) in [5.41, 5.74) is 7.23. The number of aromatic nitrogens is 4. The summed E-state index contributed by atoms with van der Waals surface area (Å²) < 4.78 is 0.694. The van der Waals surface area contributed by atoms with Gasteiger partial charge in [0.1, 0.15) is 4.55 Å². The minimum Gasteiger partial charge on any atom is -0.399 e. The molecule has 0 amide bonds. The molecule has 0 aliphatic rings. The monoisotopic (exact) mass is 301 g/mol. The van der Waals surface area contributed by atoms with Crippen molar-refractivity contribution in [2.45, 2.75) is 4.55 Å². The van der Waals surface area contributed by atoms with Crippen LogP contribution in [-0.2, 0) is 4.55 Å².